The van der Waals surface area contributed by atoms with Crippen LogP contribution in [0.15, 0.2) is 25.2 Å². The van der Waals surface area contributed by atoms with E-state index in [1.165, 1.54) is 18.6 Å². The third kappa shape index (κ3) is 3.05. The fraction of sp³-hybridized carbons (Fsp3) is 0.462. The van der Waals surface area contributed by atoms with Gasteiger partial charge in [-0.1, -0.05) is 6.58 Å². The van der Waals surface area contributed by atoms with E-state index in [-0.39, 0.29) is 23.9 Å². The number of hydrogen-bond donors (Lipinski definition) is 1. The van der Waals surface area contributed by atoms with Crippen LogP contribution in [0.5, 0.6) is 5.75 Å². The van der Waals surface area contributed by atoms with Crippen LogP contribution in [-0.4, -0.2) is 53.2 Å². The quantitative estimate of drug-likeness (QED) is 0.776. The number of carbonyl (C=O) groups is 1. The molecular formula is C13H18N4O3. The molecule has 0 aliphatic carbocycles. The Labute approximate surface area is 117 Å². The van der Waals surface area contributed by atoms with Crippen LogP contribution < -0.4 is 10.5 Å². The number of ether oxygens (including phenoxy) is 2. The first-order chi connectivity index (χ1) is 9.65. The first-order valence-corrected chi connectivity index (χ1v) is 6.29. The Morgan fingerprint density at radius 3 is 3.15 bits per heavy atom. The van der Waals surface area contributed by atoms with Gasteiger partial charge in [-0.25, -0.2) is 9.97 Å². The molecule has 0 bridgehead atoms. The molecular weight excluding hydrogens is 260 g/mol. The molecule has 2 rings (SSSR count). The standard InChI is InChI=1S/C13H18N4O3/c1-3-12(18)17-6-10(19-2)4-9(17)7-20-11-5-15-8-16-13(11)14/h3,5,8-10H,1,4,6-7H2,2H3,(H2,14,15,16)/t9-,10-/m0/s1. The summed E-state index contributed by atoms with van der Waals surface area (Å²) in [4.78, 5) is 21.2. The van der Waals surface area contributed by atoms with Gasteiger partial charge in [-0.05, 0) is 12.5 Å². The maximum absolute atomic E-state index is 11.8. The lowest BCUT2D eigenvalue weighted by Crippen LogP contribution is -2.38. The molecule has 1 aromatic rings. The van der Waals surface area contributed by atoms with Crippen molar-refractivity contribution < 1.29 is 14.3 Å². The largest absolute Gasteiger partial charge is 0.486 e. The van der Waals surface area contributed by atoms with Crippen molar-refractivity contribution in [3.8, 4) is 5.75 Å². The Bertz CT molecular complexity index is 494. The van der Waals surface area contributed by atoms with Gasteiger partial charge in [0.15, 0.2) is 11.6 Å². The topological polar surface area (TPSA) is 90.6 Å². The Morgan fingerprint density at radius 1 is 1.70 bits per heavy atom. The molecule has 0 saturated carbocycles. The van der Waals surface area contributed by atoms with E-state index >= 15 is 0 Å². The molecule has 0 aromatic carbocycles. The molecule has 0 radical (unpaired) electrons. The van der Waals surface area contributed by atoms with E-state index in [1.807, 2.05) is 0 Å². The number of nitrogens with two attached hydrogens (primary N) is 1. The number of nitrogens with zero attached hydrogens (tertiary/aromatic N) is 3. The lowest BCUT2D eigenvalue weighted by molar-refractivity contribution is -0.127. The van der Waals surface area contributed by atoms with E-state index in [0.717, 1.165) is 0 Å². The van der Waals surface area contributed by atoms with Crippen LogP contribution in [0.25, 0.3) is 0 Å². The van der Waals surface area contributed by atoms with Crippen LogP contribution in [0.4, 0.5) is 5.82 Å². The van der Waals surface area contributed by atoms with E-state index in [4.69, 9.17) is 15.2 Å². The Morgan fingerprint density at radius 2 is 2.50 bits per heavy atom. The van der Waals surface area contributed by atoms with Crippen molar-refractivity contribution in [2.45, 2.75) is 18.6 Å². The van der Waals surface area contributed by atoms with E-state index < -0.39 is 0 Å². The zero-order valence-electron chi connectivity index (χ0n) is 11.4. The number of nitrogen functional groups attached to an aromatic ring is 1. The fourth-order valence-electron chi connectivity index (χ4n) is 2.21. The molecule has 1 fully saturated rings. The first-order valence-electron chi connectivity index (χ1n) is 6.29. The van der Waals surface area contributed by atoms with Crippen molar-refractivity contribution in [1.29, 1.82) is 0 Å². The summed E-state index contributed by atoms with van der Waals surface area (Å²) in [5.74, 6) is 0.567. The lowest BCUT2D eigenvalue weighted by atomic mass is 10.2. The molecule has 2 N–H and O–H groups in total. The Hall–Kier alpha value is -2.15. The second kappa shape index (κ2) is 6.33. The van der Waals surface area contributed by atoms with Crippen LogP contribution in [0, 0.1) is 0 Å². The minimum Gasteiger partial charge on any atom is -0.486 e. The highest BCUT2D eigenvalue weighted by Gasteiger charge is 2.34. The average molecular weight is 278 g/mol. The van der Waals surface area contributed by atoms with Gasteiger partial charge in [-0.3, -0.25) is 4.79 Å². The number of hydrogen-bond acceptors (Lipinski definition) is 6. The SMILES string of the molecule is C=CC(=O)N1C[C@@H](OC)C[C@H]1COc1cncnc1N. The van der Waals surface area contributed by atoms with Crippen LogP contribution in [0.1, 0.15) is 6.42 Å². The molecule has 0 unspecified atom stereocenters. The number of carbonyl (C=O) groups excluding carboxylic acids is 1. The number of anilines is 1. The first kappa shape index (κ1) is 14.3. The lowest BCUT2D eigenvalue weighted by Gasteiger charge is -2.23. The van der Waals surface area contributed by atoms with Crippen molar-refractivity contribution in [2.75, 3.05) is 26.0 Å². The molecule has 1 aliphatic heterocycles. The number of rotatable bonds is 5. The minimum absolute atomic E-state index is 0.0110. The van der Waals surface area contributed by atoms with Gasteiger partial charge in [0.2, 0.25) is 5.91 Å². The zero-order chi connectivity index (χ0) is 14.5. The highest BCUT2D eigenvalue weighted by Crippen LogP contribution is 2.23. The maximum atomic E-state index is 11.8. The smallest absolute Gasteiger partial charge is 0.246 e. The van der Waals surface area contributed by atoms with Gasteiger partial charge in [-0.15, -0.1) is 0 Å². The van der Waals surface area contributed by atoms with E-state index in [9.17, 15) is 4.79 Å². The number of methoxy groups -OCH3 is 1. The molecule has 7 heteroatoms. The maximum Gasteiger partial charge on any atom is 0.246 e. The van der Waals surface area contributed by atoms with Gasteiger partial charge in [0.1, 0.15) is 12.9 Å². The summed E-state index contributed by atoms with van der Waals surface area (Å²) < 4.78 is 10.9. The third-order valence-corrected chi connectivity index (χ3v) is 3.31. The second-order valence-corrected chi connectivity index (χ2v) is 4.53. The fourth-order valence-corrected chi connectivity index (χ4v) is 2.21. The molecule has 7 nitrogen and oxygen atoms in total. The van der Waals surface area contributed by atoms with Crippen LogP contribution >= 0.6 is 0 Å². The predicted molar refractivity (Wildman–Crippen MR) is 73.1 cm³/mol. The van der Waals surface area contributed by atoms with Crippen molar-refractivity contribution in [1.82, 2.24) is 14.9 Å². The van der Waals surface area contributed by atoms with Gasteiger partial charge >= 0.3 is 0 Å². The monoisotopic (exact) mass is 278 g/mol. The predicted octanol–water partition coefficient (Wildman–Crippen LogP) is 0.239. The van der Waals surface area contributed by atoms with Gasteiger partial charge < -0.3 is 20.1 Å². The Kier molecular flexibility index (Phi) is 4.52. The molecule has 20 heavy (non-hydrogen) atoms. The summed E-state index contributed by atoms with van der Waals surface area (Å²) in [6, 6.07) is -0.0787. The van der Waals surface area contributed by atoms with Gasteiger partial charge in [-0.2, -0.15) is 0 Å². The summed E-state index contributed by atoms with van der Waals surface area (Å²) in [5.41, 5.74) is 5.68. The van der Waals surface area contributed by atoms with Crippen molar-refractivity contribution >= 4 is 11.7 Å². The van der Waals surface area contributed by atoms with Crippen LogP contribution in [0.3, 0.4) is 0 Å². The molecule has 2 atom stereocenters. The number of aromatic nitrogens is 2. The molecule has 2 heterocycles. The summed E-state index contributed by atoms with van der Waals surface area (Å²) in [6.07, 6.45) is 4.88. The normalized spacial score (nSPS) is 21.8. The van der Waals surface area contributed by atoms with Gasteiger partial charge in [0, 0.05) is 13.7 Å². The number of amides is 1. The van der Waals surface area contributed by atoms with E-state index in [1.54, 1.807) is 12.0 Å². The number of likely N-dealkylation sites (tertiary alicyclic amines) is 1. The molecule has 1 amide bonds. The highest BCUT2D eigenvalue weighted by atomic mass is 16.5. The van der Waals surface area contributed by atoms with Crippen molar-refractivity contribution in [3.63, 3.8) is 0 Å². The summed E-state index contributed by atoms with van der Waals surface area (Å²) in [5, 5.41) is 0. The summed E-state index contributed by atoms with van der Waals surface area (Å²) in [7, 11) is 1.63. The Balaban J connectivity index is 2.01. The third-order valence-electron chi connectivity index (χ3n) is 3.31. The van der Waals surface area contributed by atoms with Crippen LogP contribution in [0.2, 0.25) is 0 Å². The van der Waals surface area contributed by atoms with Crippen LogP contribution in [-0.2, 0) is 9.53 Å². The molecule has 1 aromatic heterocycles. The van der Waals surface area contributed by atoms with Crippen molar-refractivity contribution in [2.24, 2.45) is 0 Å². The highest BCUT2D eigenvalue weighted by molar-refractivity contribution is 5.87. The average Bonchev–Trinajstić information content (AvgIpc) is 2.89. The molecule has 0 spiro atoms. The van der Waals surface area contributed by atoms with Gasteiger partial charge in [0.05, 0.1) is 18.3 Å². The molecule has 108 valence electrons. The minimum atomic E-state index is -0.129. The molecule has 1 aliphatic rings. The molecule has 1 saturated heterocycles. The summed E-state index contributed by atoms with van der Waals surface area (Å²) in [6.45, 7) is 4.36. The second-order valence-electron chi connectivity index (χ2n) is 4.53. The summed E-state index contributed by atoms with van der Waals surface area (Å²) >= 11 is 0. The van der Waals surface area contributed by atoms with Crippen molar-refractivity contribution in [3.05, 3.63) is 25.2 Å². The van der Waals surface area contributed by atoms with E-state index in [0.29, 0.717) is 25.3 Å². The van der Waals surface area contributed by atoms with Gasteiger partial charge in [0.25, 0.3) is 0 Å². The zero-order valence-corrected chi connectivity index (χ0v) is 11.4. The van der Waals surface area contributed by atoms with E-state index in [2.05, 4.69) is 16.5 Å².